The minimum atomic E-state index is 0.0645. The number of rotatable bonds is 4. The van der Waals surface area contributed by atoms with Crippen LogP contribution in [-0.4, -0.2) is 12.5 Å². The zero-order chi connectivity index (χ0) is 16.2. The summed E-state index contributed by atoms with van der Waals surface area (Å²) in [6, 6.07) is 17.9. The number of nitriles is 1. The highest BCUT2D eigenvalue weighted by molar-refractivity contribution is 5.94. The average Bonchev–Trinajstić information content (AvgIpc) is 2.59. The maximum absolute atomic E-state index is 11.9. The van der Waals surface area contributed by atoms with Gasteiger partial charge in [-0.15, -0.1) is 0 Å². The van der Waals surface area contributed by atoms with Gasteiger partial charge in [0.05, 0.1) is 11.6 Å². The van der Waals surface area contributed by atoms with Crippen LogP contribution < -0.4 is 10.6 Å². The van der Waals surface area contributed by atoms with Crippen LogP contribution in [0.1, 0.15) is 42.0 Å². The van der Waals surface area contributed by atoms with E-state index in [0.717, 1.165) is 17.8 Å². The highest BCUT2D eigenvalue weighted by atomic mass is 16.1. The van der Waals surface area contributed by atoms with E-state index in [1.165, 1.54) is 5.56 Å². The molecule has 1 heterocycles. The first kappa shape index (κ1) is 15.3. The van der Waals surface area contributed by atoms with E-state index in [1.54, 1.807) is 6.07 Å². The Balaban J connectivity index is 1.71. The highest BCUT2D eigenvalue weighted by Crippen LogP contribution is 2.31. The third-order valence-corrected chi connectivity index (χ3v) is 4.29. The molecule has 4 heteroatoms. The second kappa shape index (κ2) is 6.64. The minimum Gasteiger partial charge on any atom is -0.326 e. The van der Waals surface area contributed by atoms with Gasteiger partial charge in [0.15, 0.2) is 0 Å². The van der Waals surface area contributed by atoms with Crippen LogP contribution in [0.25, 0.3) is 0 Å². The molecule has 1 amide bonds. The molecule has 0 fully saturated rings. The van der Waals surface area contributed by atoms with Crippen LogP contribution in [0, 0.1) is 11.3 Å². The third-order valence-electron chi connectivity index (χ3n) is 4.29. The van der Waals surface area contributed by atoms with Crippen molar-refractivity contribution in [3.63, 3.8) is 0 Å². The van der Waals surface area contributed by atoms with Gasteiger partial charge in [0, 0.05) is 30.6 Å². The van der Waals surface area contributed by atoms with Crippen molar-refractivity contribution in [3.8, 4) is 6.07 Å². The molecule has 0 saturated heterocycles. The first-order chi connectivity index (χ1) is 11.2. The van der Waals surface area contributed by atoms with Crippen LogP contribution in [-0.2, 0) is 4.79 Å². The van der Waals surface area contributed by atoms with Gasteiger partial charge in [-0.3, -0.25) is 4.79 Å². The maximum Gasteiger partial charge on any atom is 0.225 e. The third kappa shape index (κ3) is 3.41. The summed E-state index contributed by atoms with van der Waals surface area (Å²) in [7, 11) is 0. The monoisotopic (exact) mass is 305 g/mol. The number of benzene rings is 2. The number of nitrogens with zero attached hydrogens (tertiary/aromatic N) is 1. The molecule has 0 spiro atoms. The summed E-state index contributed by atoms with van der Waals surface area (Å²) in [5, 5.41) is 15.4. The van der Waals surface area contributed by atoms with E-state index in [1.807, 2.05) is 36.4 Å². The number of carbonyl (C=O) groups excluding carboxylic acids is 1. The van der Waals surface area contributed by atoms with E-state index < -0.39 is 0 Å². The molecule has 2 atom stereocenters. The van der Waals surface area contributed by atoms with E-state index in [4.69, 9.17) is 5.26 Å². The molecule has 3 rings (SSSR count). The van der Waals surface area contributed by atoms with Crippen LogP contribution in [0.4, 0.5) is 5.69 Å². The lowest BCUT2D eigenvalue weighted by Crippen LogP contribution is -2.31. The standard InChI is InChI=1S/C19H19N3O/c1-13(15-6-4-5-14(9-15)11-20)21-12-16-10-19(23)22-18-8-3-2-7-17(16)18/h2-9,13,16,21H,10,12H2,1H3,(H,22,23). The summed E-state index contributed by atoms with van der Waals surface area (Å²) in [6.07, 6.45) is 0.495. The van der Waals surface area contributed by atoms with Gasteiger partial charge in [-0.1, -0.05) is 30.3 Å². The Morgan fingerprint density at radius 2 is 2.13 bits per heavy atom. The molecule has 0 radical (unpaired) electrons. The lowest BCUT2D eigenvalue weighted by Gasteiger charge is -2.27. The molecular weight excluding hydrogens is 286 g/mol. The number of anilines is 1. The Bertz CT molecular complexity index is 763. The van der Waals surface area contributed by atoms with Gasteiger partial charge in [0.25, 0.3) is 0 Å². The zero-order valence-electron chi connectivity index (χ0n) is 13.0. The van der Waals surface area contributed by atoms with Crippen LogP contribution in [0.5, 0.6) is 0 Å². The molecule has 23 heavy (non-hydrogen) atoms. The van der Waals surface area contributed by atoms with Crippen LogP contribution in [0.15, 0.2) is 48.5 Å². The molecule has 4 nitrogen and oxygen atoms in total. The van der Waals surface area contributed by atoms with Gasteiger partial charge in [0.1, 0.15) is 0 Å². The molecular formula is C19H19N3O. The molecule has 0 aromatic heterocycles. The van der Waals surface area contributed by atoms with Crippen molar-refractivity contribution in [3.05, 3.63) is 65.2 Å². The SMILES string of the molecule is CC(NCC1CC(=O)Nc2ccccc21)c1cccc(C#N)c1. The fourth-order valence-corrected chi connectivity index (χ4v) is 3.00. The Morgan fingerprint density at radius 3 is 2.96 bits per heavy atom. The van der Waals surface area contributed by atoms with Gasteiger partial charge in [-0.05, 0) is 36.2 Å². The molecule has 1 aliphatic heterocycles. The van der Waals surface area contributed by atoms with Gasteiger partial charge in [-0.25, -0.2) is 0 Å². The number of fused-ring (bicyclic) bond motifs is 1. The molecule has 2 unspecified atom stereocenters. The highest BCUT2D eigenvalue weighted by Gasteiger charge is 2.24. The van der Waals surface area contributed by atoms with Crippen molar-refractivity contribution in [2.75, 3.05) is 11.9 Å². The van der Waals surface area contributed by atoms with E-state index in [2.05, 4.69) is 29.7 Å². The quantitative estimate of drug-likeness (QED) is 0.910. The number of nitrogens with one attached hydrogen (secondary N) is 2. The number of carbonyl (C=O) groups is 1. The Labute approximate surface area is 136 Å². The van der Waals surface area contributed by atoms with E-state index in [0.29, 0.717) is 12.0 Å². The topological polar surface area (TPSA) is 64.9 Å². The Hall–Kier alpha value is -2.64. The van der Waals surface area contributed by atoms with E-state index >= 15 is 0 Å². The largest absolute Gasteiger partial charge is 0.326 e. The van der Waals surface area contributed by atoms with Gasteiger partial charge >= 0.3 is 0 Å². The molecule has 116 valence electrons. The predicted octanol–water partition coefficient (Wildman–Crippen LogP) is 3.33. The van der Waals surface area contributed by atoms with E-state index in [9.17, 15) is 4.79 Å². The van der Waals surface area contributed by atoms with Gasteiger partial charge in [-0.2, -0.15) is 5.26 Å². The number of hydrogen-bond acceptors (Lipinski definition) is 3. The van der Waals surface area contributed by atoms with Crippen molar-refractivity contribution < 1.29 is 4.79 Å². The summed E-state index contributed by atoms with van der Waals surface area (Å²) in [5.74, 6) is 0.233. The number of amides is 1. The first-order valence-corrected chi connectivity index (χ1v) is 7.79. The summed E-state index contributed by atoms with van der Waals surface area (Å²) in [4.78, 5) is 11.9. The summed E-state index contributed by atoms with van der Waals surface area (Å²) in [5.41, 5.74) is 3.84. The first-order valence-electron chi connectivity index (χ1n) is 7.79. The molecule has 1 aliphatic rings. The zero-order valence-corrected chi connectivity index (χ0v) is 13.0. The normalized spacial score (nSPS) is 17.7. The Morgan fingerprint density at radius 1 is 1.30 bits per heavy atom. The van der Waals surface area contributed by atoms with Crippen molar-refractivity contribution >= 4 is 11.6 Å². The van der Waals surface area contributed by atoms with Crippen molar-refractivity contribution in [1.82, 2.24) is 5.32 Å². The lowest BCUT2D eigenvalue weighted by molar-refractivity contribution is -0.116. The van der Waals surface area contributed by atoms with Crippen LogP contribution in [0.3, 0.4) is 0 Å². The van der Waals surface area contributed by atoms with Crippen LogP contribution >= 0.6 is 0 Å². The summed E-state index contributed by atoms with van der Waals surface area (Å²) >= 11 is 0. The molecule has 2 N–H and O–H groups in total. The number of hydrogen-bond donors (Lipinski definition) is 2. The van der Waals surface area contributed by atoms with Crippen molar-refractivity contribution in [2.24, 2.45) is 0 Å². The fourth-order valence-electron chi connectivity index (χ4n) is 3.00. The smallest absolute Gasteiger partial charge is 0.225 e. The average molecular weight is 305 g/mol. The second-order valence-corrected chi connectivity index (χ2v) is 5.90. The second-order valence-electron chi connectivity index (χ2n) is 5.90. The molecule has 2 aromatic carbocycles. The molecule has 0 saturated carbocycles. The fraction of sp³-hybridized carbons (Fsp3) is 0.263. The Kier molecular flexibility index (Phi) is 4.40. The van der Waals surface area contributed by atoms with E-state index in [-0.39, 0.29) is 17.9 Å². The predicted molar refractivity (Wildman–Crippen MR) is 90.0 cm³/mol. The van der Waals surface area contributed by atoms with Crippen LogP contribution in [0.2, 0.25) is 0 Å². The molecule has 0 bridgehead atoms. The number of para-hydroxylation sites is 1. The van der Waals surface area contributed by atoms with Gasteiger partial charge in [0.2, 0.25) is 5.91 Å². The van der Waals surface area contributed by atoms with Gasteiger partial charge < -0.3 is 10.6 Å². The molecule has 2 aromatic rings. The lowest BCUT2D eigenvalue weighted by atomic mass is 9.90. The minimum absolute atomic E-state index is 0.0645. The van der Waals surface area contributed by atoms with Crippen molar-refractivity contribution in [1.29, 1.82) is 5.26 Å². The summed E-state index contributed by atoms with van der Waals surface area (Å²) < 4.78 is 0. The molecule has 0 aliphatic carbocycles. The summed E-state index contributed by atoms with van der Waals surface area (Å²) in [6.45, 7) is 2.80. The van der Waals surface area contributed by atoms with Crippen molar-refractivity contribution in [2.45, 2.75) is 25.3 Å². The maximum atomic E-state index is 11.9.